The minimum Gasteiger partial charge on any atom is -0.480 e. The average molecular weight is 190 g/mol. The highest BCUT2D eigenvalue weighted by Gasteiger charge is 2.47. The fraction of sp³-hybridized carbons (Fsp3) is 0.857. The van der Waals surface area contributed by atoms with Gasteiger partial charge in [-0.15, -0.1) is 0 Å². The van der Waals surface area contributed by atoms with Gasteiger partial charge < -0.3 is 16.6 Å². The third-order valence-electron chi connectivity index (χ3n) is 2.08. The molecular formula is C7H14N2O2S. The molecule has 1 saturated carbocycles. The molecule has 1 aliphatic rings. The van der Waals surface area contributed by atoms with Crippen LogP contribution in [0.2, 0.25) is 0 Å². The van der Waals surface area contributed by atoms with Gasteiger partial charge in [0.25, 0.3) is 0 Å². The Labute approximate surface area is 75.7 Å². The molecule has 0 radical (unpaired) electrons. The summed E-state index contributed by atoms with van der Waals surface area (Å²) in [5.41, 5.74) is 9.93. The van der Waals surface area contributed by atoms with Crippen LogP contribution < -0.4 is 11.5 Å². The zero-order valence-electron chi connectivity index (χ0n) is 6.82. The first kappa shape index (κ1) is 9.83. The lowest BCUT2D eigenvalue weighted by molar-refractivity contribution is -0.146. The van der Waals surface area contributed by atoms with E-state index in [1.165, 1.54) is 0 Å². The fourth-order valence-corrected chi connectivity index (χ4v) is 2.58. The van der Waals surface area contributed by atoms with E-state index in [-0.39, 0.29) is 0 Å². The van der Waals surface area contributed by atoms with Crippen molar-refractivity contribution in [3.63, 3.8) is 0 Å². The first-order valence-electron chi connectivity index (χ1n) is 3.92. The second-order valence-corrected chi connectivity index (χ2v) is 4.56. The van der Waals surface area contributed by atoms with Crippen LogP contribution in [-0.4, -0.2) is 34.2 Å². The molecule has 5 heteroatoms. The molecule has 0 unspecified atom stereocenters. The molecule has 0 spiro atoms. The number of carbonyl (C=O) groups is 1. The summed E-state index contributed by atoms with van der Waals surface area (Å²) in [6.07, 6.45) is 1.15. The summed E-state index contributed by atoms with van der Waals surface area (Å²) in [7, 11) is 0. The molecule has 0 aromatic heterocycles. The first-order chi connectivity index (χ1) is 5.58. The highest BCUT2D eigenvalue weighted by molar-refractivity contribution is 8.00. The summed E-state index contributed by atoms with van der Waals surface area (Å²) in [6.45, 7) is 0.645. The van der Waals surface area contributed by atoms with E-state index >= 15 is 0 Å². The monoisotopic (exact) mass is 190 g/mol. The van der Waals surface area contributed by atoms with Gasteiger partial charge in [-0.25, -0.2) is 0 Å². The van der Waals surface area contributed by atoms with E-state index in [4.69, 9.17) is 16.6 Å². The normalized spacial score (nSPS) is 34.3. The van der Waals surface area contributed by atoms with Gasteiger partial charge >= 0.3 is 5.97 Å². The molecular weight excluding hydrogens is 176 g/mol. The zero-order valence-corrected chi connectivity index (χ0v) is 7.64. The van der Waals surface area contributed by atoms with Crippen LogP contribution in [0.5, 0.6) is 0 Å². The van der Waals surface area contributed by atoms with Crippen LogP contribution in [0.4, 0.5) is 0 Å². The Balaban J connectivity index is 2.22. The Bertz CT molecular complexity index is 180. The van der Waals surface area contributed by atoms with Gasteiger partial charge in [0.1, 0.15) is 5.54 Å². The molecule has 0 amide bonds. The van der Waals surface area contributed by atoms with E-state index in [2.05, 4.69) is 0 Å². The van der Waals surface area contributed by atoms with Crippen molar-refractivity contribution in [3.05, 3.63) is 0 Å². The molecule has 0 bridgehead atoms. The van der Waals surface area contributed by atoms with Crippen molar-refractivity contribution in [1.29, 1.82) is 0 Å². The van der Waals surface area contributed by atoms with Crippen molar-refractivity contribution in [2.24, 2.45) is 11.5 Å². The first-order valence-corrected chi connectivity index (χ1v) is 4.97. The molecule has 1 rings (SSSR count). The SMILES string of the molecule is NCCSC1CC(N)(C(=O)O)C1. The maximum atomic E-state index is 10.6. The lowest BCUT2D eigenvalue weighted by atomic mass is 9.77. The predicted molar refractivity (Wildman–Crippen MR) is 49.1 cm³/mol. The zero-order chi connectivity index (χ0) is 9.19. The summed E-state index contributed by atoms with van der Waals surface area (Å²) < 4.78 is 0. The lowest BCUT2D eigenvalue weighted by Gasteiger charge is -2.40. The molecule has 1 aliphatic carbocycles. The van der Waals surface area contributed by atoms with Crippen molar-refractivity contribution in [1.82, 2.24) is 0 Å². The Kier molecular flexibility index (Phi) is 2.98. The number of carboxylic acids is 1. The van der Waals surface area contributed by atoms with Gasteiger partial charge in [-0.2, -0.15) is 11.8 Å². The maximum Gasteiger partial charge on any atom is 0.323 e. The highest BCUT2D eigenvalue weighted by Crippen LogP contribution is 2.38. The van der Waals surface area contributed by atoms with Crippen LogP contribution in [0.25, 0.3) is 0 Å². The quantitative estimate of drug-likeness (QED) is 0.562. The maximum absolute atomic E-state index is 10.6. The van der Waals surface area contributed by atoms with Crippen molar-refractivity contribution in [2.75, 3.05) is 12.3 Å². The Hall–Kier alpha value is -0.260. The van der Waals surface area contributed by atoms with Gasteiger partial charge in [-0.05, 0) is 12.8 Å². The molecule has 0 saturated heterocycles. The van der Waals surface area contributed by atoms with Crippen molar-refractivity contribution in [2.45, 2.75) is 23.6 Å². The summed E-state index contributed by atoms with van der Waals surface area (Å²) >= 11 is 1.71. The third-order valence-corrected chi connectivity index (χ3v) is 3.36. The van der Waals surface area contributed by atoms with Crippen LogP contribution >= 0.6 is 11.8 Å². The van der Waals surface area contributed by atoms with Crippen molar-refractivity contribution >= 4 is 17.7 Å². The summed E-state index contributed by atoms with van der Waals surface area (Å²) in [5.74, 6) is 0.00694. The van der Waals surface area contributed by atoms with E-state index in [9.17, 15) is 4.79 Å². The van der Waals surface area contributed by atoms with Crippen molar-refractivity contribution in [3.8, 4) is 0 Å². The second kappa shape index (κ2) is 3.64. The van der Waals surface area contributed by atoms with E-state index in [0.717, 1.165) is 5.75 Å². The Morgan fingerprint density at radius 1 is 1.67 bits per heavy atom. The minimum atomic E-state index is -0.952. The molecule has 0 aromatic rings. The Morgan fingerprint density at radius 2 is 2.25 bits per heavy atom. The third kappa shape index (κ3) is 1.91. The molecule has 70 valence electrons. The van der Waals surface area contributed by atoms with Crippen LogP contribution in [-0.2, 0) is 4.79 Å². The van der Waals surface area contributed by atoms with Gasteiger partial charge in [0.05, 0.1) is 0 Å². The molecule has 12 heavy (non-hydrogen) atoms. The van der Waals surface area contributed by atoms with Gasteiger partial charge in [0.15, 0.2) is 0 Å². The molecule has 0 aliphatic heterocycles. The molecule has 4 nitrogen and oxygen atoms in total. The Morgan fingerprint density at radius 3 is 2.67 bits per heavy atom. The topological polar surface area (TPSA) is 89.3 Å². The second-order valence-electron chi connectivity index (χ2n) is 3.15. The van der Waals surface area contributed by atoms with Gasteiger partial charge in [0, 0.05) is 17.5 Å². The van der Waals surface area contributed by atoms with Gasteiger partial charge in [0.2, 0.25) is 0 Å². The summed E-state index contributed by atoms with van der Waals surface area (Å²) in [6, 6.07) is 0. The average Bonchev–Trinajstić information content (AvgIpc) is 1.95. The van der Waals surface area contributed by atoms with Crippen LogP contribution in [0.15, 0.2) is 0 Å². The number of nitrogens with two attached hydrogens (primary N) is 2. The number of aliphatic carboxylic acids is 1. The minimum absolute atomic E-state index is 0.398. The number of rotatable bonds is 4. The van der Waals surface area contributed by atoms with Crippen LogP contribution in [0, 0.1) is 0 Å². The summed E-state index contributed by atoms with van der Waals surface area (Å²) in [4.78, 5) is 10.6. The van der Waals surface area contributed by atoms with E-state index in [0.29, 0.717) is 24.6 Å². The fourth-order valence-electron chi connectivity index (χ4n) is 1.28. The van der Waals surface area contributed by atoms with Gasteiger partial charge in [-0.1, -0.05) is 0 Å². The van der Waals surface area contributed by atoms with E-state index in [1.54, 1.807) is 11.8 Å². The lowest BCUT2D eigenvalue weighted by Crippen LogP contribution is -2.59. The van der Waals surface area contributed by atoms with Gasteiger partial charge in [-0.3, -0.25) is 4.79 Å². The predicted octanol–water partition coefficient (Wildman–Crippen LogP) is -0.377. The smallest absolute Gasteiger partial charge is 0.323 e. The molecule has 5 N–H and O–H groups in total. The number of hydrogen-bond acceptors (Lipinski definition) is 4. The number of thioether (sulfide) groups is 1. The highest BCUT2D eigenvalue weighted by atomic mass is 32.2. The van der Waals surface area contributed by atoms with E-state index < -0.39 is 11.5 Å². The van der Waals surface area contributed by atoms with Crippen LogP contribution in [0.3, 0.4) is 0 Å². The summed E-state index contributed by atoms with van der Waals surface area (Å²) in [5, 5.41) is 9.07. The molecule has 1 fully saturated rings. The number of carboxylic acid groups (broad SMARTS) is 1. The van der Waals surface area contributed by atoms with E-state index in [1.807, 2.05) is 0 Å². The largest absolute Gasteiger partial charge is 0.480 e. The molecule has 0 heterocycles. The van der Waals surface area contributed by atoms with Crippen LogP contribution in [0.1, 0.15) is 12.8 Å². The molecule has 0 aromatic carbocycles. The molecule has 0 atom stereocenters. The standard InChI is InChI=1S/C7H14N2O2S/c8-1-2-12-5-3-7(9,4-5)6(10)11/h5H,1-4,8-9H2,(H,10,11). The van der Waals surface area contributed by atoms with Crippen molar-refractivity contribution < 1.29 is 9.90 Å². The number of hydrogen-bond donors (Lipinski definition) is 3.